The molecule has 0 unspecified atom stereocenters. The van der Waals surface area contributed by atoms with E-state index in [-0.39, 0.29) is 0 Å². The van der Waals surface area contributed by atoms with Gasteiger partial charge in [0, 0.05) is 5.75 Å². The van der Waals surface area contributed by atoms with Crippen LogP contribution < -0.4 is 5.32 Å². The van der Waals surface area contributed by atoms with E-state index in [4.69, 9.17) is 0 Å². The second kappa shape index (κ2) is 5.37. The molecule has 0 aliphatic rings. The van der Waals surface area contributed by atoms with Crippen molar-refractivity contribution < 1.29 is 0 Å². The van der Waals surface area contributed by atoms with Gasteiger partial charge in [0.05, 0.1) is 11.0 Å². The lowest BCUT2D eigenvalue weighted by Gasteiger charge is -1.96. The smallest absolute Gasteiger partial charge is 0.166 e. The molecule has 1 heterocycles. The summed E-state index contributed by atoms with van der Waals surface area (Å²) < 4.78 is 0. The number of aryl methyl sites for hydroxylation is 1. The molecule has 0 atom stereocenters. The Labute approximate surface area is 100 Å². The monoisotopic (exact) mass is 235 g/mol. The lowest BCUT2D eigenvalue weighted by atomic mass is 10.2. The first-order valence-electron chi connectivity index (χ1n) is 5.53. The molecule has 1 aromatic carbocycles. The van der Waals surface area contributed by atoms with Gasteiger partial charge < -0.3 is 10.3 Å². The van der Waals surface area contributed by atoms with Gasteiger partial charge in [-0.05, 0) is 44.6 Å². The summed E-state index contributed by atoms with van der Waals surface area (Å²) >= 11 is 1.79. The quantitative estimate of drug-likeness (QED) is 0.618. The molecule has 4 heteroatoms. The molecule has 0 fully saturated rings. The van der Waals surface area contributed by atoms with E-state index >= 15 is 0 Å². The largest absolute Gasteiger partial charge is 0.333 e. The van der Waals surface area contributed by atoms with E-state index < -0.39 is 0 Å². The number of aromatic nitrogens is 2. The van der Waals surface area contributed by atoms with Crippen LogP contribution in [0.25, 0.3) is 11.0 Å². The molecular formula is C12H17N3S. The summed E-state index contributed by atoms with van der Waals surface area (Å²) in [6.07, 6.45) is 1.16. The third-order valence-corrected chi connectivity index (χ3v) is 3.39. The van der Waals surface area contributed by atoms with Gasteiger partial charge in [-0.15, -0.1) is 0 Å². The van der Waals surface area contributed by atoms with Crippen molar-refractivity contribution in [2.24, 2.45) is 0 Å². The molecule has 1 aromatic heterocycles. The van der Waals surface area contributed by atoms with E-state index in [9.17, 15) is 0 Å². The maximum absolute atomic E-state index is 4.54. The number of thioether (sulfide) groups is 1. The minimum absolute atomic E-state index is 1.02. The number of nitrogens with zero attached hydrogens (tertiary/aromatic N) is 1. The van der Waals surface area contributed by atoms with Crippen molar-refractivity contribution in [3.05, 3.63) is 23.8 Å². The predicted molar refractivity (Wildman–Crippen MR) is 70.1 cm³/mol. The van der Waals surface area contributed by atoms with Crippen molar-refractivity contribution in [1.29, 1.82) is 0 Å². The van der Waals surface area contributed by atoms with Crippen LogP contribution in [0.4, 0.5) is 0 Å². The fourth-order valence-corrected chi connectivity index (χ4v) is 2.41. The number of fused-ring (bicyclic) bond motifs is 1. The molecule has 0 aliphatic carbocycles. The SMILES string of the molecule is CNCCCSc1nc2ccc(C)cc2[nH]1. The number of rotatable bonds is 5. The van der Waals surface area contributed by atoms with E-state index in [1.54, 1.807) is 11.8 Å². The Kier molecular flexibility index (Phi) is 3.85. The van der Waals surface area contributed by atoms with Crippen LogP contribution in [0.5, 0.6) is 0 Å². The van der Waals surface area contributed by atoms with Crippen LogP contribution in [-0.2, 0) is 0 Å². The van der Waals surface area contributed by atoms with E-state index in [1.807, 2.05) is 7.05 Å². The molecule has 16 heavy (non-hydrogen) atoms. The van der Waals surface area contributed by atoms with Crippen LogP contribution in [0, 0.1) is 6.92 Å². The van der Waals surface area contributed by atoms with Gasteiger partial charge in [0.25, 0.3) is 0 Å². The highest BCUT2D eigenvalue weighted by atomic mass is 32.2. The van der Waals surface area contributed by atoms with Crippen LogP contribution in [0.3, 0.4) is 0 Å². The highest BCUT2D eigenvalue weighted by Gasteiger charge is 2.02. The molecule has 86 valence electrons. The highest BCUT2D eigenvalue weighted by Crippen LogP contribution is 2.20. The number of imidazole rings is 1. The van der Waals surface area contributed by atoms with E-state index in [0.29, 0.717) is 0 Å². The van der Waals surface area contributed by atoms with E-state index in [0.717, 1.165) is 34.9 Å². The Morgan fingerprint density at radius 1 is 1.44 bits per heavy atom. The van der Waals surface area contributed by atoms with Crippen LogP contribution >= 0.6 is 11.8 Å². The van der Waals surface area contributed by atoms with Gasteiger partial charge in [-0.2, -0.15) is 0 Å². The number of hydrogen-bond donors (Lipinski definition) is 2. The van der Waals surface area contributed by atoms with E-state index in [1.165, 1.54) is 5.56 Å². The molecule has 0 saturated heterocycles. The predicted octanol–water partition coefficient (Wildman–Crippen LogP) is 2.57. The summed E-state index contributed by atoms with van der Waals surface area (Å²) in [6, 6.07) is 6.30. The highest BCUT2D eigenvalue weighted by molar-refractivity contribution is 7.99. The minimum atomic E-state index is 1.02. The summed E-state index contributed by atoms with van der Waals surface area (Å²) in [5.41, 5.74) is 3.46. The second-order valence-corrected chi connectivity index (χ2v) is 4.95. The Balaban J connectivity index is 2.02. The molecular weight excluding hydrogens is 218 g/mol. The standard InChI is InChI=1S/C12H17N3S/c1-9-4-5-10-11(8-9)15-12(14-10)16-7-3-6-13-2/h4-5,8,13H,3,6-7H2,1-2H3,(H,14,15). The average Bonchev–Trinajstić information content (AvgIpc) is 2.66. The van der Waals surface area contributed by atoms with Crippen LogP contribution in [-0.4, -0.2) is 29.3 Å². The Morgan fingerprint density at radius 3 is 3.12 bits per heavy atom. The van der Waals surface area contributed by atoms with Crippen molar-refractivity contribution in [3.63, 3.8) is 0 Å². The molecule has 2 rings (SSSR count). The number of benzene rings is 1. The number of nitrogens with one attached hydrogen (secondary N) is 2. The summed E-state index contributed by atoms with van der Waals surface area (Å²) in [5, 5.41) is 4.17. The molecule has 0 saturated carbocycles. The molecule has 0 amide bonds. The van der Waals surface area contributed by atoms with Crippen molar-refractivity contribution in [3.8, 4) is 0 Å². The van der Waals surface area contributed by atoms with Gasteiger partial charge in [-0.1, -0.05) is 17.8 Å². The van der Waals surface area contributed by atoms with Gasteiger partial charge in [0.2, 0.25) is 0 Å². The summed E-state index contributed by atoms with van der Waals surface area (Å²) in [7, 11) is 1.98. The number of hydrogen-bond acceptors (Lipinski definition) is 3. The van der Waals surface area contributed by atoms with Crippen LogP contribution in [0.15, 0.2) is 23.4 Å². The lowest BCUT2D eigenvalue weighted by Crippen LogP contribution is -2.08. The van der Waals surface area contributed by atoms with Crippen molar-refractivity contribution >= 4 is 22.8 Å². The van der Waals surface area contributed by atoms with Gasteiger partial charge in [0.15, 0.2) is 5.16 Å². The lowest BCUT2D eigenvalue weighted by molar-refractivity contribution is 0.777. The number of aromatic amines is 1. The van der Waals surface area contributed by atoms with Crippen molar-refractivity contribution in [2.45, 2.75) is 18.5 Å². The second-order valence-electron chi connectivity index (χ2n) is 3.87. The van der Waals surface area contributed by atoms with Crippen LogP contribution in [0.2, 0.25) is 0 Å². The van der Waals surface area contributed by atoms with Gasteiger partial charge in [-0.25, -0.2) is 4.98 Å². The van der Waals surface area contributed by atoms with Gasteiger partial charge in [-0.3, -0.25) is 0 Å². The average molecular weight is 235 g/mol. The zero-order valence-corrected chi connectivity index (χ0v) is 10.5. The number of H-pyrrole nitrogens is 1. The molecule has 2 N–H and O–H groups in total. The first kappa shape index (κ1) is 11.5. The fourth-order valence-electron chi connectivity index (χ4n) is 1.59. The Bertz CT molecular complexity index is 464. The third-order valence-electron chi connectivity index (χ3n) is 2.43. The van der Waals surface area contributed by atoms with Crippen LogP contribution in [0.1, 0.15) is 12.0 Å². The Morgan fingerprint density at radius 2 is 2.31 bits per heavy atom. The molecule has 0 bridgehead atoms. The summed E-state index contributed by atoms with van der Waals surface area (Å²) in [4.78, 5) is 7.88. The third kappa shape index (κ3) is 2.77. The van der Waals surface area contributed by atoms with Gasteiger partial charge >= 0.3 is 0 Å². The maximum atomic E-state index is 4.54. The first-order chi connectivity index (χ1) is 7.79. The molecule has 0 aliphatic heterocycles. The zero-order valence-electron chi connectivity index (χ0n) is 9.71. The topological polar surface area (TPSA) is 40.7 Å². The Hall–Kier alpha value is -1.00. The van der Waals surface area contributed by atoms with Gasteiger partial charge in [0.1, 0.15) is 0 Å². The minimum Gasteiger partial charge on any atom is -0.333 e. The molecule has 3 nitrogen and oxygen atoms in total. The fraction of sp³-hybridized carbons (Fsp3) is 0.417. The van der Waals surface area contributed by atoms with Crippen molar-refractivity contribution in [1.82, 2.24) is 15.3 Å². The molecule has 0 spiro atoms. The van der Waals surface area contributed by atoms with E-state index in [2.05, 4.69) is 40.4 Å². The summed E-state index contributed by atoms with van der Waals surface area (Å²) in [6.45, 7) is 3.16. The normalized spacial score (nSPS) is 11.1. The molecule has 2 aromatic rings. The maximum Gasteiger partial charge on any atom is 0.166 e. The summed E-state index contributed by atoms with van der Waals surface area (Å²) in [5.74, 6) is 1.10. The first-order valence-corrected chi connectivity index (χ1v) is 6.52. The zero-order chi connectivity index (χ0) is 11.4. The van der Waals surface area contributed by atoms with Crippen molar-refractivity contribution in [2.75, 3.05) is 19.3 Å². The molecule has 0 radical (unpaired) electrons.